The average molecular weight is 521 g/mol. The van der Waals surface area contributed by atoms with Crippen LogP contribution < -0.4 is 10.6 Å². The Morgan fingerprint density at radius 1 is 0.973 bits per heavy atom. The summed E-state index contributed by atoms with van der Waals surface area (Å²) >= 11 is 6.06. The van der Waals surface area contributed by atoms with Gasteiger partial charge in [-0.2, -0.15) is 0 Å². The zero-order valence-electron chi connectivity index (χ0n) is 22.0. The number of hydrogen-bond acceptors (Lipinski definition) is 4. The number of nitrogens with zero attached hydrogens (tertiary/aromatic N) is 4. The molecule has 0 aliphatic heterocycles. The van der Waals surface area contributed by atoms with Gasteiger partial charge in [0, 0.05) is 43.3 Å². The van der Waals surface area contributed by atoms with Crippen LogP contribution in [0.1, 0.15) is 57.6 Å². The van der Waals surface area contributed by atoms with E-state index >= 15 is 0 Å². The third-order valence-corrected chi connectivity index (χ3v) is 5.66. The van der Waals surface area contributed by atoms with Gasteiger partial charge in [-0.05, 0) is 54.5 Å². The Balaban J connectivity index is 0.000000886. The summed E-state index contributed by atoms with van der Waals surface area (Å²) in [4.78, 5) is 24.7. The second kappa shape index (κ2) is 15.0. The number of para-hydroxylation sites is 1. The van der Waals surface area contributed by atoms with Crippen LogP contribution >= 0.6 is 11.6 Å². The van der Waals surface area contributed by atoms with E-state index in [4.69, 9.17) is 11.6 Å². The lowest BCUT2D eigenvalue weighted by atomic mass is 10.1. The summed E-state index contributed by atoms with van der Waals surface area (Å²) < 4.78 is 2.00. The van der Waals surface area contributed by atoms with E-state index in [1.165, 1.54) is 10.9 Å². The van der Waals surface area contributed by atoms with Crippen LogP contribution in [0.15, 0.2) is 67.3 Å². The van der Waals surface area contributed by atoms with E-state index in [-0.39, 0.29) is 6.03 Å². The van der Waals surface area contributed by atoms with Crippen molar-refractivity contribution in [3.05, 3.63) is 83.5 Å². The smallest absolute Gasteiger partial charge is 0.315 e. The highest BCUT2D eigenvalue weighted by molar-refractivity contribution is 6.29. The molecule has 1 aromatic carbocycles. The van der Waals surface area contributed by atoms with Crippen molar-refractivity contribution < 1.29 is 4.79 Å². The number of carbonyl (C=O) groups excluding carboxylic acids is 1. The summed E-state index contributed by atoms with van der Waals surface area (Å²) in [5.41, 5.74) is 3.34. The van der Waals surface area contributed by atoms with E-state index in [9.17, 15) is 4.79 Å². The Bertz CT molecular complexity index is 1240. The summed E-state index contributed by atoms with van der Waals surface area (Å²) in [6, 6.07) is 13.6. The Morgan fingerprint density at radius 2 is 1.76 bits per heavy atom. The molecule has 4 aromatic rings. The minimum absolute atomic E-state index is 0.144. The first kappa shape index (κ1) is 28.1. The zero-order chi connectivity index (χ0) is 26.5. The van der Waals surface area contributed by atoms with Gasteiger partial charge < -0.3 is 10.6 Å². The van der Waals surface area contributed by atoms with Gasteiger partial charge in [0.05, 0.1) is 5.52 Å². The summed E-state index contributed by atoms with van der Waals surface area (Å²) in [7, 11) is 0. The van der Waals surface area contributed by atoms with Crippen molar-refractivity contribution in [2.75, 3.05) is 6.54 Å². The van der Waals surface area contributed by atoms with Crippen LogP contribution in [0.5, 0.6) is 0 Å². The van der Waals surface area contributed by atoms with E-state index in [2.05, 4.69) is 70.8 Å². The first-order chi connectivity index (χ1) is 17.9. The van der Waals surface area contributed by atoms with Crippen LogP contribution in [-0.4, -0.2) is 32.1 Å². The Hall–Kier alpha value is -3.45. The molecule has 0 saturated carbocycles. The van der Waals surface area contributed by atoms with Crippen LogP contribution in [-0.2, 0) is 13.0 Å². The standard InChI is InChI=1S/C25H27ClN6O.C4H10/c26-23-12-15-28-24(31-23)32-18-20(21-10-4-5-11-22(21)32)9-3-1-2-6-14-29-25(33)30-17-19-8-7-13-27-16-19;1-4(2)3/h4-5,7-8,10-13,15-16,18H,1-3,6,9,14,17H2,(H2,29,30,33);4H,1-3H3. The van der Waals surface area contributed by atoms with Crippen molar-refractivity contribution in [2.24, 2.45) is 5.92 Å². The van der Waals surface area contributed by atoms with E-state index in [1.807, 2.05) is 22.8 Å². The predicted octanol–water partition coefficient (Wildman–Crippen LogP) is 6.73. The van der Waals surface area contributed by atoms with Crippen LogP contribution in [0.2, 0.25) is 5.15 Å². The van der Waals surface area contributed by atoms with Crippen LogP contribution in [0.3, 0.4) is 0 Å². The van der Waals surface area contributed by atoms with E-state index in [1.54, 1.807) is 24.7 Å². The minimum atomic E-state index is -0.144. The SMILES string of the molecule is CC(C)C.O=C(NCCCCCCc1cn(-c2nccc(Cl)n2)c2ccccc12)NCc1cccnc1. The van der Waals surface area contributed by atoms with Crippen molar-refractivity contribution in [1.29, 1.82) is 0 Å². The number of pyridine rings is 1. The Labute approximate surface area is 224 Å². The fourth-order valence-corrected chi connectivity index (χ4v) is 3.93. The van der Waals surface area contributed by atoms with E-state index in [0.29, 0.717) is 24.2 Å². The number of amides is 2. The molecule has 0 aliphatic carbocycles. The number of fused-ring (bicyclic) bond motifs is 1. The van der Waals surface area contributed by atoms with Crippen molar-refractivity contribution >= 4 is 28.5 Å². The maximum atomic E-state index is 11.9. The molecule has 7 nitrogen and oxygen atoms in total. The Kier molecular flexibility index (Phi) is 11.4. The van der Waals surface area contributed by atoms with Crippen LogP contribution in [0, 0.1) is 5.92 Å². The lowest BCUT2D eigenvalue weighted by Crippen LogP contribution is -2.35. The molecule has 0 atom stereocenters. The number of rotatable bonds is 10. The fraction of sp³-hybridized carbons (Fsp3) is 0.379. The van der Waals surface area contributed by atoms with Crippen molar-refractivity contribution in [2.45, 2.75) is 59.4 Å². The number of urea groups is 1. The van der Waals surface area contributed by atoms with Gasteiger partial charge in [0.1, 0.15) is 5.15 Å². The molecule has 0 fully saturated rings. The number of aromatic nitrogens is 4. The quantitative estimate of drug-likeness (QED) is 0.179. The molecule has 4 rings (SSSR count). The molecule has 37 heavy (non-hydrogen) atoms. The molecule has 2 amide bonds. The van der Waals surface area contributed by atoms with Crippen LogP contribution in [0.4, 0.5) is 4.79 Å². The maximum Gasteiger partial charge on any atom is 0.315 e. The first-order valence-electron chi connectivity index (χ1n) is 12.9. The fourth-order valence-electron chi connectivity index (χ4n) is 3.80. The molecule has 3 aromatic heterocycles. The molecule has 3 heterocycles. The number of carbonyl (C=O) groups is 1. The molecule has 0 radical (unpaired) electrons. The highest BCUT2D eigenvalue weighted by Gasteiger charge is 2.11. The second-order valence-electron chi connectivity index (χ2n) is 9.59. The molecule has 0 saturated heterocycles. The lowest BCUT2D eigenvalue weighted by Gasteiger charge is -2.07. The predicted molar refractivity (Wildman–Crippen MR) is 151 cm³/mol. The molecule has 0 aliphatic rings. The number of aryl methyl sites for hydroxylation is 1. The number of hydrogen-bond donors (Lipinski definition) is 2. The second-order valence-corrected chi connectivity index (χ2v) is 9.98. The van der Waals surface area contributed by atoms with Gasteiger partial charge in [0.25, 0.3) is 0 Å². The third-order valence-electron chi connectivity index (χ3n) is 5.45. The summed E-state index contributed by atoms with van der Waals surface area (Å²) in [6.07, 6.45) is 12.4. The molecule has 8 heteroatoms. The number of unbranched alkanes of at least 4 members (excludes halogenated alkanes) is 3. The monoisotopic (exact) mass is 520 g/mol. The van der Waals surface area contributed by atoms with Gasteiger partial charge >= 0.3 is 6.03 Å². The van der Waals surface area contributed by atoms with Gasteiger partial charge in [0.2, 0.25) is 5.95 Å². The highest BCUT2D eigenvalue weighted by atomic mass is 35.5. The number of nitrogens with one attached hydrogen (secondary N) is 2. The van der Waals surface area contributed by atoms with Gasteiger partial charge in [-0.1, -0.05) is 69.5 Å². The van der Waals surface area contributed by atoms with Crippen molar-refractivity contribution in [3.8, 4) is 5.95 Å². The molecular weight excluding hydrogens is 484 g/mol. The minimum Gasteiger partial charge on any atom is -0.338 e. The topological polar surface area (TPSA) is 84.7 Å². The largest absolute Gasteiger partial charge is 0.338 e. The van der Waals surface area contributed by atoms with E-state index < -0.39 is 0 Å². The number of benzene rings is 1. The van der Waals surface area contributed by atoms with Crippen LogP contribution in [0.25, 0.3) is 16.9 Å². The Morgan fingerprint density at radius 3 is 2.51 bits per heavy atom. The van der Waals surface area contributed by atoms with E-state index in [0.717, 1.165) is 49.1 Å². The van der Waals surface area contributed by atoms with Crippen molar-refractivity contribution in [3.63, 3.8) is 0 Å². The maximum absolute atomic E-state index is 11.9. The van der Waals surface area contributed by atoms with Gasteiger partial charge in [0.15, 0.2) is 0 Å². The van der Waals surface area contributed by atoms with Gasteiger partial charge in [-0.3, -0.25) is 9.55 Å². The highest BCUT2D eigenvalue weighted by Crippen LogP contribution is 2.25. The molecule has 2 N–H and O–H groups in total. The third kappa shape index (κ3) is 9.50. The molecule has 0 unspecified atom stereocenters. The summed E-state index contributed by atoms with van der Waals surface area (Å²) in [5, 5.41) is 7.41. The summed E-state index contributed by atoms with van der Waals surface area (Å²) in [6.45, 7) is 7.65. The summed E-state index contributed by atoms with van der Waals surface area (Å²) in [5.74, 6) is 1.41. The number of halogens is 1. The normalized spacial score (nSPS) is 10.7. The molecule has 0 spiro atoms. The van der Waals surface area contributed by atoms with Gasteiger partial charge in [-0.15, -0.1) is 0 Å². The average Bonchev–Trinajstić information content (AvgIpc) is 3.26. The van der Waals surface area contributed by atoms with Crippen molar-refractivity contribution in [1.82, 2.24) is 30.2 Å². The zero-order valence-corrected chi connectivity index (χ0v) is 22.7. The molecular formula is C29H37ClN6O. The van der Waals surface area contributed by atoms with Gasteiger partial charge in [-0.25, -0.2) is 14.8 Å². The lowest BCUT2D eigenvalue weighted by molar-refractivity contribution is 0.240. The molecule has 0 bridgehead atoms. The first-order valence-corrected chi connectivity index (χ1v) is 13.3. The molecule has 196 valence electrons.